The van der Waals surface area contributed by atoms with Crippen LogP contribution in [0.5, 0.6) is 0 Å². The summed E-state index contributed by atoms with van der Waals surface area (Å²) in [7, 11) is 0. The van der Waals surface area contributed by atoms with Gasteiger partial charge in [0.05, 0.1) is 0 Å². The van der Waals surface area contributed by atoms with Crippen LogP contribution in [0, 0.1) is 0 Å². The first kappa shape index (κ1) is 18.7. The molecule has 0 saturated carbocycles. The van der Waals surface area contributed by atoms with E-state index in [9.17, 15) is 0 Å². The van der Waals surface area contributed by atoms with E-state index in [0.29, 0.717) is 18.3 Å². The molecule has 0 radical (unpaired) electrons. The molecule has 0 unspecified atom stereocenters. The largest absolute Gasteiger partial charge is 0.339 e. The molecule has 0 aliphatic carbocycles. The minimum atomic E-state index is 0.644. The minimum Gasteiger partial charge on any atom is -0.339 e. The van der Waals surface area contributed by atoms with E-state index in [0.717, 1.165) is 24.8 Å². The summed E-state index contributed by atoms with van der Waals surface area (Å²) in [5, 5.41) is 4.05. The number of hydrogen-bond acceptors (Lipinski definition) is 4. The van der Waals surface area contributed by atoms with Gasteiger partial charge in [-0.25, -0.2) is 0 Å². The van der Waals surface area contributed by atoms with Gasteiger partial charge in [0.1, 0.15) is 0 Å². The van der Waals surface area contributed by atoms with Gasteiger partial charge < -0.3 is 10.3 Å². The summed E-state index contributed by atoms with van der Waals surface area (Å²) in [6, 6.07) is 8.55. The first-order chi connectivity index (χ1) is 11.8. The standard InChI is InChI=1S/C20H31N3O/c1-2-3-4-5-6-7-8-10-17-12-14-18(15-13-17)20-22-19(24-23-20)11-9-16-21/h12-15H,2-11,16,21H2,1H3. The van der Waals surface area contributed by atoms with Crippen LogP contribution in [0.4, 0.5) is 0 Å². The number of unbranched alkanes of at least 4 members (excludes halogenated alkanes) is 6. The van der Waals surface area contributed by atoms with E-state index in [-0.39, 0.29) is 0 Å². The topological polar surface area (TPSA) is 64.9 Å². The zero-order chi connectivity index (χ0) is 17.0. The highest BCUT2D eigenvalue weighted by Gasteiger charge is 2.08. The number of nitrogens with zero attached hydrogens (tertiary/aromatic N) is 2. The van der Waals surface area contributed by atoms with Crippen LogP contribution in [0.15, 0.2) is 28.8 Å². The maximum absolute atomic E-state index is 5.50. The van der Waals surface area contributed by atoms with Gasteiger partial charge in [-0.05, 0) is 31.4 Å². The third-order valence-corrected chi connectivity index (χ3v) is 4.34. The van der Waals surface area contributed by atoms with Crippen LogP contribution in [0.1, 0.15) is 69.7 Å². The van der Waals surface area contributed by atoms with E-state index in [1.54, 1.807) is 0 Å². The van der Waals surface area contributed by atoms with Gasteiger partial charge in [-0.3, -0.25) is 0 Å². The van der Waals surface area contributed by atoms with Crippen molar-refractivity contribution < 1.29 is 4.52 Å². The molecular formula is C20H31N3O. The summed E-state index contributed by atoms with van der Waals surface area (Å²) in [6.07, 6.45) is 12.2. The SMILES string of the molecule is CCCCCCCCCc1ccc(-c2noc(CCCN)n2)cc1. The summed E-state index contributed by atoms with van der Waals surface area (Å²) in [6.45, 7) is 2.91. The van der Waals surface area contributed by atoms with Gasteiger partial charge in [0, 0.05) is 12.0 Å². The molecule has 0 bridgehead atoms. The fraction of sp³-hybridized carbons (Fsp3) is 0.600. The third kappa shape index (κ3) is 6.44. The summed E-state index contributed by atoms with van der Waals surface area (Å²) in [4.78, 5) is 4.43. The quantitative estimate of drug-likeness (QED) is 0.561. The van der Waals surface area contributed by atoms with Crippen LogP contribution in [-0.4, -0.2) is 16.7 Å². The molecular weight excluding hydrogens is 298 g/mol. The highest BCUT2D eigenvalue weighted by molar-refractivity contribution is 5.54. The van der Waals surface area contributed by atoms with Crippen LogP contribution in [0.25, 0.3) is 11.4 Å². The molecule has 4 heteroatoms. The molecule has 0 aliphatic rings. The second kappa shape index (κ2) is 11.0. The predicted octanol–water partition coefficient (Wildman–Crippen LogP) is 4.92. The Morgan fingerprint density at radius 3 is 2.29 bits per heavy atom. The Bertz CT molecular complexity index is 563. The Labute approximate surface area is 145 Å². The summed E-state index contributed by atoms with van der Waals surface area (Å²) in [5.41, 5.74) is 7.90. The monoisotopic (exact) mass is 329 g/mol. The van der Waals surface area contributed by atoms with Crippen molar-refractivity contribution >= 4 is 0 Å². The Kier molecular flexibility index (Phi) is 8.53. The molecule has 2 N–H and O–H groups in total. The summed E-state index contributed by atoms with van der Waals surface area (Å²) >= 11 is 0. The van der Waals surface area contributed by atoms with Crippen LogP contribution < -0.4 is 5.73 Å². The van der Waals surface area contributed by atoms with E-state index < -0.39 is 0 Å². The average molecular weight is 329 g/mol. The Morgan fingerprint density at radius 1 is 0.875 bits per heavy atom. The minimum absolute atomic E-state index is 0.644. The van der Waals surface area contributed by atoms with Crippen molar-refractivity contribution in [3.63, 3.8) is 0 Å². The molecule has 2 aromatic rings. The normalized spacial score (nSPS) is 11.1. The lowest BCUT2D eigenvalue weighted by Crippen LogP contribution is -2.00. The number of aryl methyl sites for hydroxylation is 2. The maximum atomic E-state index is 5.50. The van der Waals surface area contributed by atoms with Gasteiger partial charge in [-0.15, -0.1) is 0 Å². The molecule has 2 rings (SSSR count). The van der Waals surface area contributed by atoms with Crippen molar-refractivity contribution in [2.24, 2.45) is 5.73 Å². The van der Waals surface area contributed by atoms with Crippen LogP contribution in [0.2, 0.25) is 0 Å². The second-order valence-electron chi connectivity index (χ2n) is 6.47. The van der Waals surface area contributed by atoms with E-state index in [1.165, 1.54) is 50.5 Å². The molecule has 1 aromatic heterocycles. The lowest BCUT2D eigenvalue weighted by atomic mass is 10.0. The number of nitrogens with two attached hydrogens (primary N) is 1. The average Bonchev–Trinajstić information content (AvgIpc) is 3.08. The predicted molar refractivity (Wildman–Crippen MR) is 98.8 cm³/mol. The van der Waals surface area contributed by atoms with E-state index >= 15 is 0 Å². The lowest BCUT2D eigenvalue weighted by Gasteiger charge is -2.03. The smallest absolute Gasteiger partial charge is 0.227 e. The maximum Gasteiger partial charge on any atom is 0.227 e. The van der Waals surface area contributed by atoms with E-state index in [4.69, 9.17) is 10.3 Å². The van der Waals surface area contributed by atoms with Gasteiger partial charge in [-0.2, -0.15) is 4.98 Å². The molecule has 0 saturated heterocycles. The fourth-order valence-corrected chi connectivity index (χ4v) is 2.83. The van der Waals surface area contributed by atoms with E-state index in [2.05, 4.69) is 41.3 Å². The zero-order valence-corrected chi connectivity index (χ0v) is 15.0. The number of hydrogen-bond donors (Lipinski definition) is 1. The molecule has 0 atom stereocenters. The highest BCUT2D eigenvalue weighted by atomic mass is 16.5. The van der Waals surface area contributed by atoms with Gasteiger partial charge in [0.25, 0.3) is 0 Å². The molecule has 132 valence electrons. The van der Waals surface area contributed by atoms with Gasteiger partial charge in [0.2, 0.25) is 11.7 Å². The molecule has 1 heterocycles. The zero-order valence-electron chi connectivity index (χ0n) is 15.0. The van der Waals surface area contributed by atoms with Crippen molar-refractivity contribution in [2.75, 3.05) is 6.54 Å². The van der Waals surface area contributed by atoms with Crippen molar-refractivity contribution in [3.8, 4) is 11.4 Å². The van der Waals surface area contributed by atoms with Gasteiger partial charge >= 0.3 is 0 Å². The second-order valence-corrected chi connectivity index (χ2v) is 6.47. The molecule has 0 spiro atoms. The lowest BCUT2D eigenvalue weighted by molar-refractivity contribution is 0.376. The van der Waals surface area contributed by atoms with Gasteiger partial charge in [0.15, 0.2) is 0 Å². The number of benzene rings is 1. The first-order valence-corrected chi connectivity index (χ1v) is 9.45. The summed E-state index contributed by atoms with van der Waals surface area (Å²) < 4.78 is 5.25. The van der Waals surface area contributed by atoms with Crippen molar-refractivity contribution in [2.45, 2.75) is 71.1 Å². The van der Waals surface area contributed by atoms with Gasteiger partial charge in [-0.1, -0.05) is 74.9 Å². The van der Waals surface area contributed by atoms with Crippen LogP contribution in [0.3, 0.4) is 0 Å². The van der Waals surface area contributed by atoms with Crippen molar-refractivity contribution in [1.29, 1.82) is 0 Å². The Morgan fingerprint density at radius 2 is 1.58 bits per heavy atom. The fourth-order valence-electron chi connectivity index (χ4n) is 2.83. The molecule has 0 aliphatic heterocycles. The third-order valence-electron chi connectivity index (χ3n) is 4.34. The number of rotatable bonds is 12. The Balaban J connectivity index is 1.73. The van der Waals surface area contributed by atoms with E-state index in [1.807, 2.05) is 0 Å². The van der Waals surface area contributed by atoms with Crippen LogP contribution in [-0.2, 0) is 12.8 Å². The molecule has 1 aromatic carbocycles. The highest BCUT2D eigenvalue weighted by Crippen LogP contribution is 2.18. The van der Waals surface area contributed by atoms with Crippen LogP contribution >= 0.6 is 0 Å². The Hall–Kier alpha value is -1.68. The van der Waals surface area contributed by atoms with Crippen molar-refractivity contribution in [1.82, 2.24) is 10.1 Å². The van der Waals surface area contributed by atoms with Crippen molar-refractivity contribution in [3.05, 3.63) is 35.7 Å². The molecule has 4 nitrogen and oxygen atoms in total. The molecule has 0 fully saturated rings. The summed E-state index contributed by atoms with van der Waals surface area (Å²) in [5.74, 6) is 1.34. The first-order valence-electron chi connectivity index (χ1n) is 9.45. The molecule has 24 heavy (non-hydrogen) atoms. The number of aromatic nitrogens is 2. The molecule has 0 amide bonds.